The van der Waals surface area contributed by atoms with Crippen molar-refractivity contribution in [1.82, 2.24) is 0 Å². The molecule has 1 aromatic carbocycles. The molecule has 0 saturated carbocycles. The predicted molar refractivity (Wildman–Crippen MR) is 78.4 cm³/mol. The molecule has 1 aromatic rings. The van der Waals surface area contributed by atoms with E-state index in [1.807, 2.05) is 0 Å². The Hall–Kier alpha value is -1.47. The van der Waals surface area contributed by atoms with E-state index in [0.717, 1.165) is 5.69 Å². The van der Waals surface area contributed by atoms with Gasteiger partial charge in [-0.3, -0.25) is 0 Å². The summed E-state index contributed by atoms with van der Waals surface area (Å²) in [6, 6.07) is 5.00. The fourth-order valence-electron chi connectivity index (χ4n) is 1.82. The van der Waals surface area contributed by atoms with E-state index in [-0.39, 0.29) is 25.0 Å². The number of aliphatic hydroxyl groups excluding tert-OH is 1. The number of rotatable bonds is 8. The van der Waals surface area contributed by atoms with Crippen molar-refractivity contribution < 1.29 is 23.0 Å². The van der Waals surface area contributed by atoms with Gasteiger partial charge in [-0.05, 0) is 19.1 Å². The standard InChI is InChI=1S/C13H21NO5S/c1-10(9-20(3,16)17)14-11-4-5-12(18-2)13(8-11)19-7-6-15/h4-5,8,10,14-15H,6-7,9H2,1-3H3. The maximum absolute atomic E-state index is 11.2. The van der Waals surface area contributed by atoms with Gasteiger partial charge >= 0.3 is 0 Å². The smallest absolute Gasteiger partial charge is 0.163 e. The van der Waals surface area contributed by atoms with Gasteiger partial charge in [-0.25, -0.2) is 8.42 Å². The molecule has 0 bridgehead atoms. The van der Waals surface area contributed by atoms with E-state index in [9.17, 15) is 8.42 Å². The first-order valence-electron chi connectivity index (χ1n) is 6.21. The SMILES string of the molecule is COc1ccc(NC(C)CS(C)(=O)=O)cc1OCCO. The van der Waals surface area contributed by atoms with Gasteiger partial charge < -0.3 is 19.9 Å². The van der Waals surface area contributed by atoms with Gasteiger partial charge in [0.1, 0.15) is 16.4 Å². The van der Waals surface area contributed by atoms with Gasteiger partial charge in [-0.1, -0.05) is 0 Å². The topological polar surface area (TPSA) is 84.9 Å². The summed E-state index contributed by atoms with van der Waals surface area (Å²) in [5.74, 6) is 1.10. The molecular formula is C13H21NO5S. The lowest BCUT2D eigenvalue weighted by Crippen LogP contribution is -2.24. The van der Waals surface area contributed by atoms with E-state index in [1.54, 1.807) is 25.1 Å². The second-order valence-corrected chi connectivity index (χ2v) is 6.76. The normalized spacial score (nSPS) is 12.8. The van der Waals surface area contributed by atoms with Gasteiger partial charge in [0.05, 0.1) is 19.5 Å². The largest absolute Gasteiger partial charge is 0.493 e. The average molecular weight is 303 g/mol. The van der Waals surface area contributed by atoms with Gasteiger partial charge in [0.25, 0.3) is 0 Å². The number of hydrogen-bond acceptors (Lipinski definition) is 6. The summed E-state index contributed by atoms with van der Waals surface area (Å²) in [7, 11) is -1.50. The third kappa shape index (κ3) is 5.66. The molecule has 0 heterocycles. The maximum atomic E-state index is 11.2. The average Bonchev–Trinajstić information content (AvgIpc) is 2.34. The zero-order chi connectivity index (χ0) is 15.2. The van der Waals surface area contributed by atoms with E-state index in [4.69, 9.17) is 14.6 Å². The summed E-state index contributed by atoms with van der Waals surface area (Å²) >= 11 is 0. The van der Waals surface area contributed by atoms with Gasteiger partial charge in [-0.2, -0.15) is 0 Å². The van der Waals surface area contributed by atoms with Gasteiger partial charge in [0.15, 0.2) is 11.5 Å². The molecule has 2 N–H and O–H groups in total. The van der Waals surface area contributed by atoms with Crippen LogP contribution < -0.4 is 14.8 Å². The van der Waals surface area contributed by atoms with Crippen molar-refractivity contribution in [2.24, 2.45) is 0 Å². The molecule has 0 aliphatic carbocycles. The third-order valence-corrected chi connectivity index (χ3v) is 3.58. The van der Waals surface area contributed by atoms with Crippen LogP contribution in [0.2, 0.25) is 0 Å². The lowest BCUT2D eigenvalue weighted by atomic mass is 10.2. The van der Waals surface area contributed by atoms with Crippen LogP contribution in [-0.2, 0) is 9.84 Å². The third-order valence-electron chi connectivity index (χ3n) is 2.48. The van der Waals surface area contributed by atoms with Crippen molar-refractivity contribution in [3.8, 4) is 11.5 Å². The molecule has 0 radical (unpaired) electrons. The molecule has 0 aromatic heterocycles. The lowest BCUT2D eigenvalue weighted by Gasteiger charge is -2.16. The second kappa shape index (κ2) is 7.35. The predicted octanol–water partition coefficient (Wildman–Crippen LogP) is 0.911. The molecular weight excluding hydrogens is 282 g/mol. The number of hydrogen-bond donors (Lipinski definition) is 2. The minimum atomic E-state index is -3.03. The number of anilines is 1. The highest BCUT2D eigenvalue weighted by molar-refractivity contribution is 7.90. The van der Waals surface area contributed by atoms with Crippen molar-refractivity contribution >= 4 is 15.5 Å². The first-order valence-corrected chi connectivity index (χ1v) is 8.27. The lowest BCUT2D eigenvalue weighted by molar-refractivity contribution is 0.196. The van der Waals surface area contributed by atoms with Crippen LogP contribution >= 0.6 is 0 Å². The number of ether oxygens (including phenoxy) is 2. The van der Waals surface area contributed by atoms with E-state index >= 15 is 0 Å². The van der Waals surface area contributed by atoms with Gasteiger partial charge in [0, 0.05) is 24.1 Å². The van der Waals surface area contributed by atoms with Gasteiger partial charge in [-0.15, -0.1) is 0 Å². The molecule has 0 amide bonds. The molecule has 20 heavy (non-hydrogen) atoms. The van der Waals surface area contributed by atoms with Crippen LogP contribution in [0.4, 0.5) is 5.69 Å². The van der Waals surface area contributed by atoms with Crippen molar-refractivity contribution in [3.63, 3.8) is 0 Å². The van der Waals surface area contributed by atoms with Crippen LogP contribution in [0.1, 0.15) is 6.92 Å². The number of nitrogens with one attached hydrogen (secondary N) is 1. The number of benzene rings is 1. The molecule has 0 aliphatic heterocycles. The fraction of sp³-hybridized carbons (Fsp3) is 0.538. The second-order valence-electron chi connectivity index (χ2n) is 4.58. The molecule has 0 aliphatic rings. The maximum Gasteiger partial charge on any atom is 0.163 e. The number of sulfone groups is 1. The zero-order valence-electron chi connectivity index (χ0n) is 11.9. The van der Waals surface area contributed by atoms with E-state index < -0.39 is 9.84 Å². The Morgan fingerprint density at radius 3 is 2.60 bits per heavy atom. The summed E-state index contributed by atoms with van der Waals surface area (Å²) in [5, 5.41) is 11.9. The molecule has 0 fully saturated rings. The highest BCUT2D eigenvalue weighted by Crippen LogP contribution is 2.30. The zero-order valence-corrected chi connectivity index (χ0v) is 12.7. The van der Waals surface area contributed by atoms with Crippen LogP contribution in [0.15, 0.2) is 18.2 Å². The highest BCUT2D eigenvalue weighted by atomic mass is 32.2. The Balaban J connectivity index is 2.80. The first-order chi connectivity index (χ1) is 9.35. The van der Waals surface area contributed by atoms with E-state index in [1.165, 1.54) is 13.4 Å². The minimum Gasteiger partial charge on any atom is -0.493 e. The summed E-state index contributed by atoms with van der Waals surface area (Å²) in [6.07, 6.45) is 1.20. The summed E-state index contributed by atoms with van der Waals surface area (Å²) in [4.78, 5) is 0. The van der Waals surface area contributed by atoms with Crippen LogP contribution in [0.3, 0.4) is 0 Å². The first kappa shape index (κ1) is 16.6. The van der Waals surface area contributed by atoms with Crippen molar-refractivity contribution in [2.75, 3.05) is 37.6 Å². The molecule has 0 spiro atoms. The summed E-state index contributed by atoms with van der Waals surface area (Å²) < 4.78 is 33.0. The van der Waals surface area contributed by atoms with Crippen LogP contribution in [0.25, 0.3) is 0 Å². The molecule has 0 saturated heterocycles. The Labute approximate surface area is 119 Å². The molecule has 1 atom stereocenters. The summed E-state index contributed by atoms with van der Waals surface area (Å²) in [6.45, 7) is 1.86. The number of methoxy groups -OCH3 is 1. The Morgan fingerprint density at radius 1 is 1.35 bits per heavy atom. The number of aliphatic hydroxyl groups is 1. The van der Waals surface area contributed by atoms with Crippen LogP contribution in [0, 0.1) is 0 Å². The minimum absolute atomic E-state index is 0.0475. The molecule has 114 valence electrons. The van der Waals surface area contributed by atoms with Crippen LogP contribution in [-0.4, -0.2) is 51.9 Å². The Bertz CT molecular complexity index is 530. The Morgan fingerprint density at radius 2 is 2.05 bits per heavy atom. The Kier molecular flexibility index (Phi) is 6.09. The molecule has 6 nitrogen and oxygen atoms in total. The van der Waals surface area contributed by atoms with Crippen LogP contribution in [0.5, 0.6) is 11.5 Å². The monoisotopic (exact) mass is 303 g/mol. The van der Waals surface area contributed by atoms with E-state index in [2.05, 4.69) is 5.32 Å². The molecule has 1 unspecified atom stereocenters. The quantitative estimate of drug-likeness (QED) is 0.742. The van der Waals surface area contributed by atoms with Crippen molar-refractivity contribution in [1.29, 1.82) is 0 Å². The van der Waals surface area contributed by atoms with Gasteiger partial charge in [0.2, 0.25) is 0 Å². The van der Waals surface area contributed by atoms with Crippen molar-refractivity contribution in [2.45, 2.75) is 13.0 Å². The highest BCUT2D eigenvalue weighted by Gasteiger charge is 2.12. The molecule has 7 heteroatoms. The fourth-order valence-corrected chi connectivity index (χ4v) is 2.81. The molecule has 1 rings (SSSR count). The summed E-state index contributed by atoms with van der Waals surface area (Å²) in [5.41, 5.74) is 0.731. The van der Waals surface area contributed by atoms with E-state index in [0.29, 0.717) is 11.5 Å². The van der Waals surface area contributed by atoms with Crippen molar-refractivity contribution in [3.05, 3.63) is 18.2 Å².